The van der Waals surface area contributed by atoms with Crippen LogP contribution >= 0.6 is 0 Å². The summed E-state index contributed by atoms with van der Waals surface area (Å²) in [6.45, 7) is 4.42. The second-order valence-electron chi connectivity index (χ2n) is 5.32. The van der Waals surface area contributed by atoms with Crippen molar-refractivity contribution in [2.24, 2.45) is 0 Å². The molecule has 0 aromatic heterocycles. The van der Waals surface area contributed by atoms with Crippen LogP contribution in [0.15, 0.2) is 24.3 Å². The zero-order valence-electron chi connectivity index (χ0n) is 11.3. The van der Waals surface area contributed by atoms with E-state index in [1.807, 2.05) is 0 Å². The van der Waals surface area contributed by atoms with Crippen molar-refractivity contribution in [3.05, 3.63) is 35.4 Å². The zero-order chi connectivity index (χ0) is 13.0. The molecule has 1 N–H and O–H groups in total. The molecule has 2 rings (SSSR count). The lowest BCUT2D eigenvalue weighted by atomic mass is 10.0. The van der Waals surface area contributed by atoms with Crippen molar-refractivity contribution in [2.75, 3.05) is 11.5 Å². The minimum atomic E-state index is -0.557. The van der Waals surface area contributed by atoms with Crippen LogP contribution in [0.1, 0.15) is 30.9 Å². The first-order valence-corrected chi connectivity index (χ1v) is 8.29. The molecule has 1 aromatic rings. The molecule has 1 unspecified atom stereocenters. The van der Waals surface area contributed by atoms with E-state index >= 15 is 0 Å². The van der Waals surface area contributed by atoms with Gasteiger partial charge in [-0.25, -0.2) is 0 Å². The first-order chi connectivity index (χ1) is 8.65. The number of hydrogen-bond acceptors (Lipinski definition) is 2. The standard InChI is InChI=1S/C15H23NOS/c1-12-5-3-4-6-14(12)11-13(2)16-15-7-9-18(17)10-8-15/h3-6,13,15-16H,7-11H2,1-2H3. The summed E-state index contributed by atoms with van der Waals surface area (Å²) in [5.41, 5.74) is 2.80. The van der Waals surface area contributed by atoms with Gasteiger partial charge in [0.05, 0.1) is 0 Å². The number of nitrogens with one attached hydrogen (secondary N) is 1. The Bertz CT molecular complexity index is 409. The largest absolute Gasteiger partial charge is 0.311 e. The average Bonchev–Trinajstić information content (AvgIpc) is 2.35. The summed E-state index contributed by atoms with van der Waals surface area (Å²) in [5.74, 6) is 1.74. The normalized spacial score (nSPS) is 25.9. The molecule has 0 amide bonds. The highest BCUT2D eigenvalue weighted by Crippen LogP contribution is 2.13. The molecular formula is C15H23NOS. The highest BCUT2D eigenvalue weighted by molar-refractivity contribution is 7.85. The Labute approximate surface area is 113 Å². The van der Waals surface area contributed by atoms with Crippen molar-refractivity contribution in [3.63, 3.8) is 0 Å². The van der Waals surface area contributed by atoms with E-state index in [0.717, 1.165) is 30.8 Å². The highest BCUT2D eigenvalue weighted by Gasteiger charge is 2.19. The lowest BCUT2D eigenvalue weighted by Gasteiger charge is -2.26. The van der Waals surface area contributed by atoms with Crippen LogP contribution in [0.3, 0.4) is 0 Å². The first-order valence-electron chi connectivity index (χ1n) is 6.80. The van der Waals surface area contributed by atoms with Crippen LogP contribution in [0, 0.1) is 6.92 Å². The van der Waals surface area contributed by atoms with Crippen molar-refractivity contribution in [1.29, 1.82) is 0 Å². The molecule has 0 aliphatic carbocycles. The smallest absolute Gasteiger partial charge is 0.0249 e. The fraction of sp³-hybridized carbons (Fsp3) is 0.600. The lowest BCUT2D eigenvalue weighted by Crippen LogP contribution is -2.41. The Morgan fingerprint density at radius 3 is 2.67 bits per heavy atom. The van der Waals surface area contributed by atoms with Gasteiger partial charge < -0.3 is 5.32 Å². The molecule has 1 fully saturated rings. The summed E-state index contributed by atoms with van der Waals surface area (Å²) in [6, 6.07) is 9.63. The van der Waals surface area contributed by atoms with Gasteiger partial charge in [0.1, 0.15) is 0 Å². The van der Waals surface area contributed by atoms with Gasteiger partial charge in [-0.15, -0.1) is 0 Å². The quantitative estimate of drug-likeness (QED) is 0.906. The number of hydrogen-bond donors (Lipinski definition) is 1. The fourth-order valence-corrected chi connectivity index (χ4v) is 3.89. The first kappa shape index (κ1) is 13.8. The molecule has 0 saturated carbocycles. The molecule has 1 aromatic carbocycles. The van der Waals surface area contributed by atoms with E-state index in [9.17, 15) is 4.21 Å². The molecule has 18 heavy (non-hydrogen) atoms. The lowest BCUT2D eigenvalue weighted by molar-refractivity contribution is 0.417. The summed E-state index contributed by atoms with van der Waals surface area (Å²) in [4.78, 5) is 0. The van der Waals surface area contributed by atoms with Crippen molar-refractivity contribution >= 4 is 10.8 Å². The third-order valence-corrected chi connectivity index (χ3v) is 5.08. The van der Waals surface area contributed by atoms with Gasteiger partial charge in [-0.1, -0.05) is 24.3 Å². The average molecular weight is 265 g/mol. The van der Waals surface area contributed by atoms with Gasteiger partial charge in [-0.05, 0) is 44.2 Å². The number of benzene rings is 1. The van der Waals surface area contributed by atoms with Crippen LogP contribution in [-0.4, -0.2) is 27.8 Å². The van der Waals surface area contributed by atoms with Crippen LogP contribution in [0.25, 0.3) is 0 Å². The topological polar surface area (TPSA) is 29.1 Å². The predicted octanol–water partition coefficient (Wildman–Crippen LogP) is 2.43. The molecule has 1 saturated heterocycles. The van der Waals surface area contributed by atoms with E-state index in [1.165, 1.54) is 11.1 Å². The van der Waals surface area contributed by atoms with Gasteiger partial charge >= 0.3 is 0 Å². The highest BCUT2D eigenvalue weighted by atomic mass is 32.2. The minimum Gasteiger partial charge on any atom is -0.311 e. The van der Waals surface area contributed by atoms with E-state index in [-0.39, 0.29) is 0 Å². The second kappa shape index (κ2) is 6.48. The summed E-state index contributed by atoms with van der Waals surface area (Å²) in [5, 5.41) is 3.68. The van der Waals surface area contributed by atoms with Crippen LogP contribution in [0.2, 0.25) is 0 Å². The Kier molecular flexibility index (Phi) is 4.95. The van der Waals surface area contributed by atoms with Crippen molar-refractivity contribution in [1.82, 2.24) is 5.32 Å². The van der Waals surface area contributed by atoms with Crippen LogP contribution in [0.4, 0.5) is 0 Å². The summed E-state index contributed by atoms with van der Waals surface area (Å²) < 4.78 is 11.3. The minimum absolute atomic E-state index is 0.489. The van der Waals surface area contributed by atoms with E-state index in [1.54, 1.807) is 0 Å². The molecule has 0 bridgehead atoms. The maximum absolute atomic E-state index is 11.3. The van der Waals surface area contributed by atoms with Gasteiger partial charge in [0.15, 0.2) is 0 Å². The van der Waals surface area contributed by atoms with Gasteiger partial charge in [0, 0.05) is 34.4 Å². The SMILES string of the molecule is Cc1ccccc1CC(C)NC1CCS(=O)CC1. The molecule has 1 atom stereocenters. The summed E-state index contributed by atoms with van der Waals surface area (Å²) in [6.07, 6.45) is 3.20. The van der Waals surface area contributed by atoms with Crippen LogP contribution in [-0.2, 0) is 17.2 Å². The van der Waals surface area contributed by atoms with Crippen molar-refractivity contribution < 1.29 is 4.21 Å². The summed E-state index contributed by atoms with van der Waals surface area (Å²) in [7, 11) is -0.557. The number of rotatable bonds is 4. The molecule has 100 valence electrons. The Balaban J connectivity index is 1.83. The maximum Gasteiger partial charge on any atom is 0.0249 e. The number of aryl methyl sites for hydroxylation is 1. The molecule has 1 aliphatic rings. The van der Waals surface area contributed by atoms with Gasteiger partial charge in [0.25, 0.3) is 0 Å². The maximum atomic E-state index is 11.3. The van der Waals surface area contributed by atoms with Gasteiger partial charge in [0.2, 0.25) is 0 Å². The van der Waals surface area contributed by atoms with Crippen molar-refractivity contribution in [3.8, 4) is 0 Å². The molecular weight excluding hydrogens is 242 g/mol. The molecule has 2 nitrogen and oxygen atoms in total. The van der Waals surface area contributed by atoms with Crippen molar-refractivity contribution in [2.45, 2.75) is 45.2 Å². The molecule has 1 aliphatic heterocycles. The van der Waals surface area contributed by atoms with Crippen LogP contribution < -0.4 is 5.32 Å². The van der Waals surface area contributed by atoms with E-state index in [4.69, 9.17) is 0 Å². The third kappa shape index (κ3) is 3.92. The zero-order valence-corrected chi connectivity index (χ0v) is 12.1. The second-order valence-corrected chi connectivity index (χ2v) is 7.02. The monoisotopic (exact) mass is 265 g/mol. The molecule has 0 radical (unpaired) electrons. The van der Waals surface area contributed by atoms with Gasteiger partial charge in [-0.3, -0.25) is 4.21 Å². The Morgan fingerprint density at radius 2 is 2.00 bits per heavy atom. The summed E-state index contributed by atoms with van der Waals surface area (Å²) >= 11 is 0. The van der Waals surface area contributed by atoms with E-state index in [2.05, 4.69) is 43.4 Å². The third-order valence-electron chi connectivity index (χ3n) is 3.70. The predicted molar refractivity (Wildman–Crippen MR) is 78.4 cm³/mol. The molecule has 1 heterocycles. The Morgan fingerprint density at radius 1 is 1.33 bits per heavy atom. The van der Waals surface area contributed by atoms with Crippen LogP contribution in [0.5, 0.6) is 0 Å². The molecule has 0 spiro atoms. The Hall–Kier alpha value is -0.670. The fourth-order valence-electron chi connectivity index (χ4n) is 2.59. The van der Waals surface area contributed by atoms with Gasteiger partial charge in [-0.2, -0.15) is 0 Å². The van der Waals surface area contributed by atoms with E-state index < -0.39 is 10.8 Å². The van der Waals surface area contributed by atoms with E-state index in [0.29, 0.717) is 12.1 Å². The molecule has 3 heteroatoms.